The lowest BCUT2D eigenvalue weighted by molar-refractivity contribution is -0.139. The summed E-state index contributed by atoms with van der Waals surface area (Å²) in [6.07, 6.45) is 5.15. The summed E-state index contributed by atoms with van der Waals surface area (Å²) in [5.74, 6) is -0.187. The Morgan fingerprint density at radius 2 is 1.56 bits per heavy atom. The van der Waals surface area contributed by atoms with Crippen LogP contribution in [0.4, 0.5) is 5.69 Å². The largest absolute Gasteiger partial charge is 0.497 e. The summed E-state index contributed by atoms with van der Waals surface area (Å²) in [5.41, 5.74) is 2.16. The van der Waals surface area contributed by atoms with E-state index in [-0.39, 0.29) is 23.4 Å². The number of anilines is 1. The highest BCUT2D eigenvalue weighted by atomic mass is 32.2. The van der Waals surface area contributed by atoms with Crippen molar-refractivity contribution in [2.75, 3.05) is 18.0 Å². The molecule has 0 heterocycles. The highest BCUT2D eigenvalue weighted by Crippen LogP contribution is 2.26. The normalized spacial score (nSPS) is 14.6. The van der Waals surface area contributed by atoms with E-state index in [0.717, 1.165) is 47.5 Å². The molecule has 3 aromatic carbocycles. The van der Waals surface area contributed by atoms with Crippen LogP contribution in [-0.4, -0.2) is 50.9 Å². The lowest BCUT2D eigenvalue weighted by Crippen LogP contribution is -2.53. The van der Waals surface area contributed by atoms with Gasteiger partial charge in [0.25, 0.3) is 10.0 Å². The second-order valence-corrected chi connectivity index (χ2v) is 12.4. The van der Waals surface area contributed by atoms with Gasteiger partial charge in [-0.05, 0) is 68.7 Å². The van der Waals surface area contributed by atoms with Gasteiger partial charge in [0.2, 0.25) is 11.8 Å². The third-order valence-corrected chi connectivity index (χ3v) is 9.35. The number of sulfonamides is 1. The number of nitrogens with one attached hydrogen (secondary N) is 1. The Hall–Kier alpha value is -3.85. The zero-order valence-electron chi connectivity index (χ0n) is 24.0. The Balaban J connectivity index is 1.65. The Bertz CT molecular complexity index is 1400. The highest BCUT2D eigenvalue weighted by Gasteiger charge is 2.33. The van der Waals surface area contributed by atoms with Crippen molar-refractivity contribution >= 4 is 27.5 Å². The molecule has 0 bridgehead atoms. The molecule has 4 rings (SSSR count). The molecular formula is C32H39N3O5S. The summed E-state index contributed by atoms with van der Waals surface area (Å²) in [6.45, 7) is 3.31. The number of aryl methyl sites for hydroxylation is 1. The first kappa shape index (κ1) is 30.1. The number of benzene rings is 3. The minimum absolute atomic E-state index is 0.0318. The van der Waals surface area contributed by atoms with E-state index in [1.807, 2.05) is 37.3 Å². The minimum Gasteiger partial charge on any atom is -0.497 e. The van der Waals surface area contributed by atoms with Gasteiger partial charge < -0.3 is 15.0 Å². The van der Waals surface area contributed by atoms with Crippen LogP contribution >= 0.6 is 0 Å². The predicted molar refractivity (Wildman–Crippen MR) is 160 cm³/mol. The molecule has 218 valence electrons. The Morgan fingerprint density at radius 3 is 2.17 bits per heavy atom. The number of nitrogens with zero attached hydrogens (tertiary/aromatic N) is 2. The number of ether oxygens (including phenoxy) is 1. The van der Waals surface area contributed by atoms with Crippen LogP contribution < -0.4 is 14.4 Å². The van der Waals surface area contributed by atoms with Crippen LogP contribution in [-0.2, 0) is 26.2 Å². The van der Waals surface area contributed by atoms with Crippen molar-refractivity contribution < 1.29 is 22.7 Å². The smallest absolute Gasteiger partial charge is 0.264 e. The number of hydrogen-bond donors (Lipinski definition) is 1. The second kappa shape index (κ2) is 13.7. The Labute approximate surface area is 243 Å². The van der Waals surface area contributed by atoms with Crippen molar-refractivity contribution in [3.05, 3.63) is 90.0 Å². The number of carbonyl (C=O) groups excluding carboxylic acids is 2. The van der Waals surface area contributed by atoms with Gasteiger partial charge in [-0.15, -0.1) is 0 Å². The number of amides is 2. The summed E-state index contributed by atoms with van der Waals surface area (Å²) in [7, 11) is -2.62. The number of rotatable bonds is 11. The molecule has 0 radical (unpaired) electrons. The summed E-state index contributed by atoms with van der Waals surface area (Å²) in [4.78, 5) is 28.9. The maximum absolute atomic E-state index is 14.0. The van der Waals surface area contributed by atoms with Gasteiger partial charge in [-0.25, -0.2) is 8.42 Å². The van der Waals surface area contributed by atoms with Crippen LogP contribution in [0, 0.1) is 6.92 Å². The standard InChI is InChI=1S/C32H39N3O5S/c1-24-14-16-28(17-15-24)35(41(38,39)30-20-18-29(40-3)19-21-30)23-31(36)34(22-26-10-6-4-7-11-26)25(2)32(37)33-27-12-8-5-9-13-27/h4,6-7,10-11,14-21,25,27H,5,8-9,12-13,22-23H2,1-3H3,(H,33,37)/t25-/m1/s1. The molecule has 0 saturated heterocycles. The molecule has 1 saturated carbocycles. The van der Waals surface area contributed by atoms with E-state index in [0.29, 0.717) is 11.4 Å². The van der Waals surface area contributed by atoms with Gasteiger partial charge >= 0.3 is 0 Å². The van der Waals surface area contributed by atoms with Gasteiger partial charge in [-0.2, -0.15) is 0 Å². The lowest BCUT2D eigenvalue weighted by Gasteiger charge is -2.33. The molecule has 8 nitrogen and oxygen atoms in total. The van der Waals surface area contributed by atoms with Gasteiger partial charge in [-0.1, -0.05) is 67.3 Å². The van der Waals surface area contributed by atoms with E-state index in [9.17, 15) is 18.0 Å². The second-order valence-electron chi connectivity index (χ2n) is 10.5. The molecule has 1 fully saturated rings. The Morgan fingerprint density at radius 1 is 0.927 bits per heavy atom. The fourth-order valence-corrected chi connectivity index (χ4v) is 6.46. The molecule has 3 aromatic rings. The van der Waals surface area contributed by atoms with E-state index >= 15 is 0 Å². The van der Waals surface area contributed by atoms with E-state index in [2.05, 4.69) is 5.32 Å². The summed E-state index contributed by atoms with van der Waals surface area (Å²) in [5, 5.41) is 3.12. The van der Waals surface area contributed by atoms with Crippen molar-refractivity contribution in [1.82, 2.24) is 10.2 Å². The topological polar surface area (TPSA) is 96.0 Å². The first-order valence-electron chi connectivity index (χ1n) is 14.1. The van der Waals surface area contributed by atoms with Crippen LogP contribution in [0.25, 0.3) is 0 Å². The molecule has 1 N–H and O–H groups in total. The molecule has 0 aromatic heterocycles. The SMILES string of the molecule is COc1ccc(S(=O)(=O)N(CC(=O)N(Cc2ccccc2)[C@H](C)C(=O)NC2CCCCC2)c2ccc(C)cc2)cc1. The first-order valence-corrected chi connectivity index (χ1v) is 15.5. The summed E-state index contributed by atoms with van der Waals surface area (Å²) >= 11 is 0. The number of hydrogen-bond acceptors (Lipinski definition) is 5. The molecule has 0 spiro atoms. The quantitative estimate of drug-likeness (QED) is 0.344. The minimum atomic E-state index is -4.13. The van der Waals surface area contributed by atoms with Crippen molar-refractivity contribution in [3.8, 4) is 5.75 Å². The molecule has 0 aliphatic heterocycles. The molecule has 41 heavy (non-hydrogen) atoms. The van der Waals surface area contributed by atoms with Crippen LogP contribution in [0.15, 0.2) is 83.8 Å². The summed E-state index contributed by atoms with van der Waals surface area (Å²) in [6, 6.07) is 21.7. The molecule has 1 aliphatic carbocycles. The van der Waals surface area contributed by atoms with Gasteiger partial charge in [0.15, 0.2) is 0 Å². The average molecular weight is 578 g/mol. The fraction of sp³-hybridized carbons (Fsp3) is 0.375. The predicted octanol–water partition coefficient (Wildman–Crippen LogP) is 5.07. The molecule has 9 heteroatoms. The zero-order chi connectivity index (χ0) is 29.4. The van der Waals surface area contributed by atoms with Crippen LogP contribution in [0.5, 0.6) is 5.75 Å². The van der Waals surface area contributed by atoms with Gasteiger partial charge in [0, 0.05) is 12.6 Å². The van der Waals surface area contributed by atoms with Crippen molar-refractivity contribution in [3.63, 3.8) is 0 Å². The number of carbonyl (C=O) groups is 2. The van der Waals surface area contributed by atoms with Gasteiger partial charge in [0.05, 0.1) is 17.7 Å². The molecule has 2 amide bonds. The van der Waals surface area contributed by atoms with Crippen molar-refractivity contribution in [1.29, 1.82) is 0 Å². The Kier molecular flexibility index (Phi) is 10.0. The van der Waals surface area contributed by atoms with E-state index in [4.69, 9.17) is 4.74 Å². The highest BCUT2D eigenvalue weighted by molar-refractivity contribution is 7.92. The maximum atomic E-state index is 14.0. The van der Waals surface area contributed by atoms with Gasteiger partial charge in [-0.3, -0.25) is 13.9 Å². The van der Waals surface area contributed by atoms with E-state index in [1.54, 1.807) is 43.3 Å². The fourth-order valence-electron chi connectivity index (χ4n) is 5.05. The summed E-state index contributed by atoms with van der Waals surface area (Å²) < 4.78 is 34.2. The van der Waals surface area contributed by atoms with Crippen molar-refractivity contribution in [2.45, 2.75) is 69.5 Å². The van der Waals surface area contributed by atoms with E-state index < -0.39 is 28.5 Å². The van der Waals surface area contributed by atoms with Crippen LogP contribution in [0.1, 0.15) is 50.2 Å². The van der Waals surface area contributed by atoms with Crippen LogP contribution in [0.3, 0.4) is 0 Å². The third-order valence-electron chi connectivity index (χ3n) is 7.56. The molecule has 1 aliphatic rings. The molecular weight excluding hydrogens is 538 g/mol. The van der Waals surface area contributed by atoms with Crippen LogP contribution in [0.2, 0.25) is 0 Å². The first-order chi connectivity index (χ1) is 19.7. The average Bonchev–Trinajstić information content (AvgIpc) is 2.99. The van der Waals surface area contributed by atoms with Gasteiger partial charge in [0.1, 0.15) is 18.3 Å². The lowest BCUT2D eigenvalue weighted by atomic mass is 9.95. The third kappa shape index (κ3) is 7.67. The molecule has 1 atom stereocenters. The monoisotopic (exact) mass is 577 g/mol. The zero-order valence-corrected chi connectivity index (χ0v) is 24.8. The van der Waals surface area contributed by atoms with E-state index in [1.165, 1.54) is 24.1 Å². The maximum Gasteiger partial charge on any atom is 0.264 e. The number of methoxy groups -OCH3 is 1. The molecule has 0 unspecified atom stereocenters. The van der Waals surface area contributed by atoms with Crippen molar-refractivity contribution in [2.24, 2.45) is 0 Å².